The second-order valence-electron chi connectivity index (χ2n) is 5.08. The molecule has 2 aromatic rings. The van der Waals surface area contributed by atoms with Gasteiger partial charge in [-0.1, -0.05) is 68.5 Å². The molecule has 0 aliphatic heterocycles. The highest BCUT2D eigenvalue weighted by Crippen LogP contribution is 2.23. The van der Waals surface area contributed by atoms with Crippen molar-refractivity contribution in [2.45, 2.75) is 25.9 Å². The molecule has 0 aliphatic carbocycles. The molecule has 0 aromatic heterocycles. The van der Waals surface area contributed by atoms with Crippen LogP contribution in [0.5, 0.6) is 0 Å². The molecule has 0 aliphatic rings. The van der Waals surface area contributed by atoms with E-state index in [2.05, 4.69) is 25.6 Å². The van der Waals surface area contributed by atoms with Gasteiger partial charge >= 0.3 is 0 Å². The highest BCUT2D eigenvalue weighted by molar-refractivity contribution is 6.04. The van der Waals surface area contributed by atoms with Gasteiger partial charge in [0.15, 0.2) is 5.78 Å². The van der Waals surface area contributed by atoms with Crippen LogP contribution in [0, 0.1) is 0 Å². The van der Waals surface area contributed by atoms with Crippen LogP contribution in [-0.4, -0.2) is 10.9 Å². The maximum absolute atomic E-state index is 11.5. The lowest BCUT2D eigenvalue weighted by atomic mass is 9.98. The topological polar surface area (TPSA) is 37.3 Å². The van der Waals surface area contributed by atoms with Crippen molar-refractivity contribution in [3.8, 4) is 0 Å². The molecule has 2 rings (SSSR count). The minimum absolute atomic E-state index is 0.111. The van der Waals surface area contributed by atoms with Crippen molar-refractivity contribution in [1.82, 2.24) is 0 Å². The molecule has 0 amide bonds. The van der Waals surface area contributed by atoms with Gasteiger partial charge in [0, 0.05) is 5.56 Å². The molecule has 0 saturated carbocycles. The van der Waals surface area contributed by atoms with Crippen molar-refractivity contribution in [1.29, 1.82) is 0 Å². The zero-order valence-corrected chi connectivity index (χ0v) is 12.3. The molecule has 21 heavy (non-hydrogen) atoms. The van der Waals surface area contributed by atoms with Crippen molar-refractivity contribution in [3.05, 3.63) is 83.4 Å². The van der Waals surface area contributed by atoms with Gasteiger partial charge in [-0.3, -0.25) is 4.79 Å². The zero-order valence-electron chi connectivity index (χ0n) is 12.3. The highest BCUT2D eigenvalue weighted by Gasteiger charge is 2.11. The fraction of sp³-hybridized carbons (Fsp3) is 0.211. The van der Waals surface area contributed by atoms with E-state index in [1.165, 1.54) is 11.6 Å². The zero-order chi connectivity index (χ0) is 15.2. The molecule has 0 saturated heterocycles. The summed E-state index contributed by atoms with van der Waals surface area (Å²) in [5, 5.41) is 10.4. The number of carbonyl (C=O) groups is 1. The smallest absolute Gasteiger partial charge is 0.185 e. The number of allylic oxidation sites excluding steroid dienone is 1. The van der Waals surface area contributed by atoms with Gasteiger partial charge in [0.25, 0.3) is 0 Å². The fourth-order valence-corrected chi connectivity index (χ4v) is 2.30. The maximum Gasteiger partial charge on any atom is 0.185 e. The number of hydrogen-bond donors (Lipinski definition) is 1. The van der Waals surface area contributed by atoms with E-state index in [-0.39, 0.29) is 5.78 Å². The molecule has 1 unspecified atom stereocenters. The number of hydrogen-bond acceptors (Lipinski definition) is 2. The van der Waals surface area contributed by atoms with Crippen LogP contribution in [0.1, 0.15) is 46.5 Å². The average molecular weight is 280 g/mol. The van der Waals surface area contributed by atoms with Crippen LogP contribution in [0.15, 0.2) is 61.2 Å². The first-order valence-corrected chi connectivity index (χ1v) is 7.19. The van der Waals surface area contributed by atoms with Gasteiger partial charge in [-0.15, -0.1) is 0 Å². The van der Waals surface area contributed by atoms with Crippen LogP contribution < -0.4 is 0 Å². The lowest BCUT2D eigenvalue weighted by Crippen LogP contribution is -2.01. The molecule has 0 radical (unpaired) electrons. The van der Waals surface area contributed by atoms with E-state index in [0.29, 0.717) is 5.56 Å². The number of ketones is 1. The van der Waals surface area contributed by atoms with Crippen LogP contribution in [-0.2, 0) is 6.42 Å². The third-order valence-electron chi connectivity index (χ3n) is 3.53. The second kappa shape index (κ2) is 7.00. The van der Waals surface area contributed by atoms with Crippen LogP contribution in [0.2, 0.25) is 0 Å². The molecular formula is C19H20O2. The Labute approximate surface area is 125 Å². The first kappa shape index (κ1) is 15.2. The summed E-state index contributed by atoms with van der Waals surface area (Å²) in [7, 11) is 0. The summed E-state index contributed by atoms with van der Waals surface area (Å²) in [5.74, 6) is -0.111. The molecule has 0 fully saturated rings. The second-order valence-corrected chi connectivity index (χ2v) is 5.08. The Balaban J connectivity index is 2.17. The quantitative estimate of drug-likeness (QED) is 0.639. The van der Waals surface area contributed by atoms with E-state index in [9.17, 15) is 9.90 Å². The third-order valence-corrected chi connectivity index (χ3v) is 3.53. The Bertz CT molecular complexity index is 609. The van der Waals surface area contributed by atoms with Gasteiger partial charge in [-0.2, -0.15) is 0 Å². The fourth-order valence-electron chi connectivity index (χ4n) is 2.30. The lowest BCUT2D eigenvalue weighted by molar-refractivity contribution is 0.104. The first-order chi connectivity index (χ1) is 10.2. The predicted molar refractivity (Wildman–Crippen MR) is 85.5 cm³/mol. The van der Waals surface area contributed by atoms with Gasteiger partial charge in [-0.25, -0.2) is 0 Å². The molecule has 1 atom stereocenters. The number of aliphatic hydroxyl groups is 1. The average Bonchev–Trinajstić information content (AvgIpc) is 2.54. The summed E-state index contributed by atoms with van der Waals surface area (Å²) in [6, 6.07) is 15.0. The molecule has 2 heteroatoms. The number of carbonyl (C=O) groups excluding carboxylic acids is 1. The van der Waals surface area contributed by atoms with Gasteiger partial charge in [0.1, 0.15) is 6.10 Å². The number of aliphatic hydroxyl groups excluding tert-OH is 1. The lowest BCUT2D eigenvalue weighted by Gasteiger charge is -2.12. The SMILES string of the molecule is C=CC(=O)c1ccc(C(O)c2ccc(CCC)cc2)cc1. The van der Waals surface area contributed by atoms with Crippen molar-refractivity contribution < 1.29 is 9.90 Å². The van der Waals surface area contributed by atoms with Crippen LogP contribution in [0.4, 0.5) is 0 Å². The van der Waals surface area contributed by atoms with E-state index in [1.807, 2.05) is 12.1 Å². The molecule has 0 bridgehead atoms. The normalized spacial score (nSPS) is 11.9. The van der Waals surface area contributed by atoms with Crippen LogP contribution >= 0.6 is 0 Å². The van der Waals surface area contributed by atoms with E-state index in [4.69, 9.17) is 0 Å². The first-order valence-electron chi connectivity index (χ1n) is 7.19. The van der Waals surface area contributed by atoms with E-state index < -0.39 is 6.10 Å². The summed E-state index contributed by atoms with van der Waals surface area (Å²) in [5.41, 5.74) is 3.50. The van der Waals surface area contributed by atoms with E-state index in [1.54, 1.807) is 24.3 Å². The summed E-state index contributed by atoms with van der Waals surface area (Å²) < 4.78 is 0. The van der Waals surface area contributed by atoms with Crippen molar-refractivity contribution in [3.63, 3.8) is 0 Å². The van der Waals surface area contributed by atoms with Crippen molar-refractivity contribution in [2.75, 3.05) is 0 Å². The summed E-state index contributed by atoms with van der Waals surface area (Å²) in [6.45, 7) is 5.61. The molecular weight excluding hydrogens is 260 g/mol. The Morgan fingerprint density at radius 1 is 1.10 bits per heavy atom. The summed E-state index contributed by atoms with van der Waals surface area (Å²) in [6.07, 6.45) is 2.78. The Morgan fingerprint density at radius 3 is 2.10 bits per heavy atom. The molecule has 1 N–H and O–H groups in total. The van der Waals surface area contributed by atoms with Gasteiger partial charge in [0.2, 0.25) is 0 Å². The number of aryl methyl sites for hydroxylation is 1. The molecule has 2 aromatic carbocycles. The monoisotopic (exact) mass is 280 g/mol. The molecule has 108 valence electrons. The Hall–Kier alpha value is -2.19. The molecule has 0 heterocycles. The van der Waals surface area contributed by atoms with Crippen molar-refractivity contribution in [2.24, 2.45) is 0 Å². The summed E-state index contributed by atoms with van der Waals surface area (Å²) >= 11 is 0. The largest absolute Gasteiger partial charge is 0.384 e. The van der Waals surface area contributed by atoms with E-state index in [0.717, 1.165) is 24.0 Å². The van der Waals surface area contributed by atoms with Crippen molar-refractivity contribution >= 4 is 5.78 Å². The van der Waals surface area contributed by atoms with E-state index >= 15 is 0 Å². The standard InChI is InChI=1S/C19H20O2/c1-3-5-14-6-8-16(9-7-14)19(21)17-12-10-15(11-13-17)18(20)4-2/h4,6-13,19,21H,2-3,5H2,1H3. The Kier molecular flexibility index (Phi) is 5.07. The van der Waals surface area contributed by atoms with Crippen LogP contribution in [0.3, 0.4) is 0 Å². The Morgan fingerprint density at radius 2 is 1.62 bits per heavy atom. The highest BCUT2D eigenvalue weighted by atomic mass is 16.3. The minimum atomic E-state index is -0.673. The van der Waals surface area contributed by atoms with Gasteiger partial charge in [0.05, 0.1) is 0 Å². The minimum Gasteiger partial charge on any atom is -0.384 e. The number of benzene rings is 2. The third kappa shape index (κ3) is 3.67. The van der Waals surface area contributed by atoms with Gasteiger partial charge < -0.3 is 5.11 Å². The molecule has 0 spiro atoms. The van der Waals surface area contributed by atoms with Crippen LogP contribution in [0.25, 0.3) is 0 Å². The number of rotatable bonds is 6. The summed E-state index contributed by atoms with van der Waals surface area (Å²) in [4.78, 5) is 11.5. The molecule has 2 nitrogen and oxygen atoms in total. The van der Waals surface area contributed by atoms with Gasteiger partial charge in [-0.05, 0) is 29.2 Å². The predicted octanol–water partition coefficient (Wildman–Crippen LogP) is 4.09. The maximum atomic E-state index is 11.5.